The van der Waals surface area contributed by atoms with E-state index in [1.165, 1.54) is 23.9 Å². The van der Waals surface area contributed by atoms with Gasteiger partial charge in [0.1, 0.15) is 5.82 Å². The number of nitrogens with zero attached hydrogens (tertiary/aromatic N) is 2. The van der Waals surface area contributed by atoms with Gasteiger partial charge in [-0.2, -0.15) is 4.98 Å². The molecule has 1 aromatic heterocycles. The van der Waals surface area contributed by atoms with Gasteiger partial charge in [0, 0.05) is 11.1 Å². The van der Waals surface area contributed by atoms with E-state index in [1.807, 2.05) is 20.8 Å². The highest BCUT2D eigenvalue weighted by molar-refractivity contribution is 7.99. The quantitative estimate of drug-likeness (QED) is 0.916. The van der Waals surface area contributed by atoms with Crippen molar-refractivity contribution in [2.24, 2.45) is 0 Å². The van der Waals surface area contributed by atoms with Crippen molar-refractivity contribution < 1.29 is 13.7 Å². The number of rotatable bonds is 5. The zero-order valence-electron chi connectivity index (χ0n) is 12.7. The zero-order valence-corrected chi connectivity index (χ0v) is 13.5. The Labute approximate surface area is 132 Å². The number of nitrogens with one attached hydrogen (secondary N) is 1. The molecule has 0 saturated carbocycles. The fraction of sp³-hybridized carbons (Fsp3) is 0.400. The maximum absolute atomic E-state index is 12.9. The fourth-order valence-electron chi connectivity index (χ4n) is 1.71. The average molecular weight is 323 g/mol. The summed E-state index contributed by atoms with van der Waals surface area (Å²) in [4.78, 5) is 15.9. The third-order valence-electron chi connectivity index (χ3n) is 2.54. The van der Waals surface area contributed by atoms with Crippen LogP contribution in [0.1, 0.15) is 26.6 Å². The minimum atomic E-state index is -0.316. The maximum atomic E-state index is 12.9. The first-order valence-electron chi connectivity index (χ1n) is 6.81. The van der Waals surface area contributed by atoms with Gasteiger partial charge in [0.15, 0.2) is 5.82 Å². The third kappa shape index (κ3) is 5.14. The molecule has 2 rings (SSSR count). The molecule has 0 bridgehead atoms. The predicted octanol–water partition coefficient (Wildman–Crippen LogP) is 3.02. The van der Waals surface area contributed by atoms with Crippen LogP contribution in [0.2, 0.25) is 0 Å². The van der Waals surface area contributed by atoms with Crippen LogP contribution < -0.4 is 5.32 Å². The molecular weight excluding hydrogens is 305 g/mol. The number of hydrogen-bond acceptors (Lipinski definition) is 5. The Hall–Kier alpha value is -1.89. The molecule has 1 N–H and O–H groups in total. The van der Waals surface area contributed by atoms with E-state index in [0.29, 0.717) is 28.8 Å². The van der Waals surface area contributed by atoms with Crippen LogP contribution in [0.3, 0.4) is 0 Å². The van der Waals surface area contributed by atoms with Gasteiger partial charge in [-0.05, 0) is 45.0 Å². The lowest BCUT2D eigenvalue weighted by molar-refractivity contribution is -0.119. The number of carbonyl (C=O) groups excluding carboxylic acids is 1. The fourth-order valence-corrected chi connectivity index (χ4v) is 2.37. The second-order valence-corrected chi connectivity index (χ2v) is 6.80. The molecule has 1 heterocycles. The molecule has 0 spiro atoms. The highest BCUT2D eigenvalue weighted by Gasteiger charge is 2.14. The number of halogens is 1. The molecule has 0 atom stereocenters. The van der Waals surface area contributed by atoms with E-state index in [-0.39, 0.29) is 17.3 Å². The summed E-state index contributed by atoms with van der Waals surface area (Å²) in [5.74, 6) is 1.31. The molecule has 0 unspecified atom stereocenters. The van der Waals surface area contributed by atoms with E-state index in [2.05, 4.69) is 15.5 Å². The van der Waals surface area contributed by atoms with Crippen molar-refractivity contribution in [3.05, 3.63) is 35.9 Å². The Bertz CT molecular complexity index is 635. The standard InChI is InChI=1S/C15H18FN3O2S/c1-15(2,3)18-13(20)9-22-8-12-17-14(21-19-12)10-4-6-11(16)7-5-10/h4-7H,8-9H2,1-3H3,(H,18,20). The highest BCUT2D eigenvalue weighted by Crippen LogP contribution is 2.19. The van der Waals surface area contributed by atoms with E-state index in [0.717, 1.165) is 0 Å². The monoisotopic (exact) mass is 323 g/mol. The van der Waals surface area contributed by atoms with Gasteiger partial charge < -0.3 is 9.84 Å². The second-order valence-electron chi connectivity index (χ2n) is 5.81. The lowest BCUT2D eigenvalue weighted by atomic mass is 10.1. The van der Waals surface area contributed by atoms with Gasteiger partial charge in [-0.3, -0.25) is 4.79 Å². The van der Waals surface area contributed by atoms with Crippen LogP contribution in [-0.4, -0.2) is 27.3 Å². The Balaban J connectivity index is 1.85. The first-order chi connectivity index (χ1) is 10.3. The molecule has 22 heavy (non-hydrogen) atoms. The SMILES string of the molecule is CC(C)(C)NC(=O)CSCc1noc(-c2ccc(F)cc2)n1. The summed E-state index contributed by atoms with van der Waals surface area (Å²) in [7, 11) is 0. The van der Waals surface area contributed by atoms with Crippen LogP contribution in [0.15, 0.2) is 28.8 Å². The van der Waals surface area contributed by atoms with Crippen LogP contribution in [0, 0.1) is 5.82 Å². The van der Waals surface area contributed by atoms with Gasteiger partial charge in [-0.15, -0.1) is 11.8 Å². The summed E-state index contributed by atoms with van der Waals surface area (Å²) >= 11 is 1.41. The largest absolute Gasteiger partial charge is 0.351 e. The van der Waals surface area contributed by atoms with E-state index in [9.17, 15) is 9.18 Å². The predicted molar refractivity (Wildman–Crippen MR) is 83.7 cm³/mol. The Kier molecular flexibility index (Phi) is 5.18. The van der Waals surface area contributed by atoms with Gasteiger partial charge in [-0.25, -0.2) is 4.39 Å². The van der Waals surface area contributed by atoms with Crippen LogP contribution in [0.25, 0.3) is 11.5 Å². The van der Waals surface area contributed by atoms with Crippen molar-refractivity contribution in [1.29, 1.82) is 0 Å². The van der Waals surface area contributed by atoms with Gasteiger partial charge in [-0.1, -0.05) is 5.16 Å². The van der Waals surface area contributed by atoms with Crippen molar-refractivity contribution in [2.75, 3.05) is 5.75 Å². The Morgan fingerprint density at radius 1 is 1.32 bits per heavy atom. The Morgan fingerprint density at radius 3 is 2.64 bits per heavy atom. The van der Waals surface area contributed by atoms with Crippen molar-refractivity contribution >= 4 is 17.7 Å². The highest BCUT2D eigenvalue weighted by atomic mass is 32.2. The van der Waals surface area contributed by atoms with Gasteiger partial charge >= 0.3 is 0 Å². The smallest absolute Gasteiger partial charge is 0.257 e. The lowest BCUT2D eigenvalue weighted by Gasteiger charge is -2.20. The summed E-state index contributed by atoms with van der Waals surface area (Å²) in [6.07, 6.45) is 0. The van der Waals surface area contributed by atoms with Gasteiger partial charge in [0.05, 0.1) is 11.5 Å². The maximum Gasteiger partial charge on any atom is 0.257 e. The molecule has 118 valence electrons. The summed E-state index contributed by atoms with van der Waals surface area (Å²) in [6.45, 7) is 5.80. The summed E-state index contributed by atoms with van der Waals surface area (Å²) < 4.78 is 18.0. The topological polar surface area (TPSA) is 68.0 Å². The number of benzene rings is 1. The lowest BCUT2D eigenvalue weighted by Crippen LogP contribution is -2.41. The molecule has 0 aliphatic heterocycles. The first kappa shape index (κ1) is 16.5. The number of thioether (sulfide) groups is 1. The minimum absolute atomic E-state index is 0.0280. The number of amides is 1. The van der Waals surface area contributed by atoms with Crippen LogP contribution >= 0.6 is 11.8 Å². The van der Waals surface area contributed by atoms with Crippen molar-refractivity contribution in [3.8, 4) is 11.5 Å². The molecule has 2 aromatic rings. The molecule has 0 aliphatic carbocycles. The van der Waals surface area contributed by atoms with Crippen LogP contribution in [0.4, 0.5) is 4.39 Å². The first-order valence-corrected chi connectivity index (χ1v) is 7.96. The second kappa shape index (κ2) is 6.91. The van der Waals surface area contributed by atoms with E-state index in [4.69, 9.17) is 4.52 Å². The zero-order chi connectivity index (χ0) is 16.2. The van der Waals surface area contributed by atoms with E-state index in [1.54, 1.807) is 12.1 Å². The van der Waals surface area contributed by atoms with Crippen molar-refractivity contribution in [1.82, 2.24) is 15.5 Å². The molecule has 1 aromatic carbocycles. The van der Waals surface area contributed by atoms with Crippen molar-refractivity contribution in [2.45, 2.75) is 32.1 Å². The van der Waals surface area contributed by atoms with E-state index < -0.39 is 0 Å². The summed E-state index contributed by atoms with van der Waals surface area (Å²) in [5.41, 5.74) is 0.426. The number of carbonyl (C=O) groups is 1. The molecule has 7 heteroatoms. The van der Waals surface area contributed by atoms with Crippen molar-refractivity contribution in [3.63, 3.8) is 0 Å². The summed E-state index contributed by atoms with van der Waals surface area (Å²) in [5, 5.41) is 6.74. The normalized spacial score (nSPS) is 11.5. The molecule has 0 radical (unpaired) electrons. The molecule has 0 fully saturated rings. The number of aromatic nitrogens is 2. The number of hydrogen-bond donors (Lipinski definition) is 1. The third-order valence-corrected chi connectivity index (χ3v) is 3.47. The van der Waals surface area contributed by atoms with Crippen LogP contribution in [-0.2, 0) is 10.5 Å². The van der Waals surface area contributed by atoms with Gasteiger partial charge in [0.25, 0.3) is 5.89 Å². The minimum Gasteiger partial charge on any atom is -0.351 e. The molecule has 1 amide bonds. The molecule has 5 nitrogen and oxygen atoms in total. The Morgan fingerprint density at radius 2 is 2.00 bits per heavy atom. The molecule has 0 saturated heterocycles. The molecular formula is C15H18FN3O2S. The molecule has 0 aliphatic rings. The van der Waals surface area contributed by atoms with Gasteiger partial charge in [0.2, 0.25) is 5.91 Å². The summed E-state index contributed by atoms with van der Waals surface area (Å²) in [6, 6.07) is 5.84. The van der Waals surface area contributed by atoms with Crippen LogP contribution in [0.5, 0.6) is 0 Å². The average Bonchev–Trinajstić information content (AvgIpc) is 2.86. The van der Waals surface area contributed by atoms with E-state index >= 15 is 0 Å².